The molecular weight excluding hydrogens is 164 g/mol. The highest BCUT2D eigenvalue weighted by Gasteiger charge is 1.95. The molecule has 0 aliphatic rings. The zero-order chi connectivity index (χ0) is 9.10. The number of rotatable bonds is 2. The predicted octanol–water partition coefficient (Wildman–Crippen LogP) is 2.29. The van der Waals surface area contributed by atoms with E-state index < -0.39 is 0 Å². The summed E-state index contributed by atoms with van der Waals surface area (Å²) in [5, 5.41) is 2.18. The summed E-state index contributed by atoms with van der Waals surface area (Å²) in [7, 11) is 0. The summed E-state index contributed by atoms with van der Waals surface area (Å²) in [5.41, 5.74) is 0. The SMILES string of the molecule is O=[C]Oc1ccc2ccccc2c1. The first-order valence-electron chi connectivity index (χ1n) is 3.93. The molecule has 63 valence electrons. The third kappa shape index (κ3) is 1.51. The molecule has 2 nitrogen and oxygen atoms in total. The Hall–Kier alpha value is -1.83. The van der Waals surface area contributed by atoms with Crippen LogP contribution in [0.25, 0.3) is 10.8 Å². The van der Waals surface area contributed by atoms with E-state index in [2.05, 4.69) is 4.74 Å². The normalized spacial score (nSPS) is 9.85. The zero-order valence-corrected chi connectivity index (χ0v) is 6.86. The molecule has 0 aliphatic carbocycles. The maximum atomic E-state index is 9.96. The molecule has 0 amide bonds. The predicted molar refractivity (Wildman–Crippen MR) is 50.3 cm³/mol. The van der Waals surface area contributed by atoms with Crippen molar-refractivity contribution >= 4 is 17.2 Å². The van der Waals surface area contributed by atoms with Crippen molar-refractivity contribution in [3.05, 3.63) is 42.5 Å². The van der Waals surface area contributed by atoms with Crippen LogP contribution in [0.2, 0.25) is 0 Å². The lowest BCUT2D eigenvalue weighted by atomic mass is 10.1. The third-order valence-corrected chi connectivity index (χ3v) is 1.88. The van der Waals surface area contributed by atoms with E-state index in [1.807, 2.05) is 30.3 Å². The highest BCUT2D eigenvalue weighted by atomic mass is 16.5. The maximum absolute atomic E-state index is 9.96. The van der Waals surface area contributed by atoms with Crippen molar-refractivity contribution in [1.29, 1.82) is 0 Å². The molecule has 0 aliphatic heterocycles. The van der Waals surface area contributed by atoms with Gasteiger partial charge in [0.2, 0.25) is 0 Å². The van der Waals surface area contributed by atoms with Crippen LogP contribution in [0, 0.1) is 0 Å². The number of fused-ring (bicyclic) bond motifs is 1. The van der Waals surface area contributed by atoms with Crippen LogP contribution in [0.3, 0.4) is 0 Å². The molecule has 0 atom stereocenters. The minimum atomic E-state index is 0.522. The van der Waals surface area contributed by atoms with E-state index in [1.165, 1.54) is 6.47 Å². The third-order valence-electron chi connectivity index (χ3n) is 1.88. The molecule has 0 fully saturated rings. The summed E-state index contributed by atoms with van der Waals surface area (Å²) >= 11 is 0. The van der Waals surface area contributed by atoms with Crippen LogP contribution in [-0.4, -0.2) is 6.47 Å². The summed E-state index contributed by atoms with van der Waals surface area (Å²) in [6, 6.07) is 13.3. The molecule has 0 bridgehead atoms. The van der Waals surface area contributed by atoms with E-state index >= 15 is 0 Å². The molecule has 2 aromatic carbocycles. The average molecular weight is 171 g/mol. The van der Waals surface area contributed by atoms with Crippen LogP contribution in [0.4, 0.5) is 0 Å². The van der Waals surface area contributed by atoms with E-state index in [0.29, 0.717) is 5.75 Å². The lowest BCUT2D eigenvalue weighted by Crippen LogP contribution is -1.87. The molecule has 13 heavy (non-hydrogen) atoms. The fraction of sp³-hybridized carbons (Fsp3) is 0. The van der Waals surface area contributed by atoms with Crippen molar-refractivity contribution in [3.63, 3.8) is 0 Å². The molecule has 2 rings (SSSR count). The van der Waals surface area contributed by atoms with Gasteiger partial charge < -0.3 is 4.74 Å². The van der Waals surface area contributed by atoms with E-state index in [-0.39, 0.29) is 0 Å². The first-order chi connectivity index (χ1) is 6.40. The molecule has 0 N–H and O–H groups in total. The Bertz CT molecular complexity index is 435. The minimum Gasteiger partial charge on any atom is -0.418 e. The van der Waals surface area contributed by atoms with Gasteiger partial charge in [-0.05, 0) is 22.9 Å². The van der Waals surface area contributed by atoms with Crippen molar-refractivity contribution in [2.24, 2.45) is 0 Å². The molecule has 0 unspecified atom stereocenters. The monoisotopic (exact) mass is 171 g/mol. The Morgan fingerprint density at radius 3 is 2.54 bits per heavy atom. The van der Waals surface area contributed by atoms with Crippen molar-refractivity contribution in [2.75, 3.05) is 0 Å². The van der Waals surface area contributed by atoms with Gasteiger partial charge in [-0.15, -0.1) is 0 Å². The Labute approximate surface area is 75.8 Å². The summed E-state index contributed by atoms with van der Waals surface area (Å²) in [4.78, 5) is 9.96. The van der Waals surface area contributed by atoms with Gasteiger partial charge in [0.05, 0.1) is 0 Å². The van der Waals surface area contributed by atoms with Crippen molar-refractivity contribution in [2.45, 2.75) is 0 Å². The summed E-state index contributed by atoms with van der Waals surface area (Å²) in [5.74, 6) is 0.522. The Morgan fingerprint density at radius 2 is 1.77 bits per heavy atom. The second-order valence-electron chi connectivity index (χ2n) is 2.69. The van der Waals surface area contributed by atoms with E-state index in [1.54, 1.807) is 12.1 Å². The van der Waals surface area contributed by atoms with Gasteiger partial charge in [0.1, 0.15) is 5.75 Å². The highest BCUT2D eigenvalue weighted by molar-refractivity contribution is 5.83. The quantitative estimate of drug-likeness (QED) is 0.692. The summed E-state index contributed by atoms with van der Waals surface area (Å²) < 4.78 is 4.61. The standard InChI is InChI=1S/C11H7O2/c12-8-13-11-6-5-9-3-1-2-4-10(9)7-11/h1-7H. The fourth-order valence-electron chi connectivity index (χ4n) is 1.28. The van der Waals surface area contributed by atoms with Crippen LogP contribution < -0.4 is 4.74 Å². The van der Waals surface area contributed by atoms with Crippen molar-refractivity contribution < 1.29 is 9.53 Å². The molecular formula is C11H7O2. The molecule has 2 heteroatoms. The first kappa shape index (κ1) is 7.80. The van der Waals surface area contributed by atoms with Crippen LogP contribution >= 0.6 is 0 Å². The Morgan fingerprint density at radius 1 is 1.00 bits per heavy atom. The van der Waals surface area contributed by atoms with E-state index in [9.17, 15) is 4.79 Å². The molecule has 0 spiro atoms. The van der Waals surface area contributed by atoms with Crippen LogP contribution in [0.1, 0.15) is 0 Å². The van der Waals surface area contributed by atoms with E-state index in [0.717, 1.165) is 10.8 Å². The Balaban J connectivity index is 2.55. The topological polar surface area (TPSA) is 26.3 Å². The first-order valence-corrected chi connectivity index (χ1v) is 3.93. The van der Waals surface area contributed by atoms with Crippen LogP contribution in [-0.2, 0) is 4.79 Å². The lowest BCUT2D eigenvalue weighted by molar-refractivity contribution is 0.443. The van der Waals surface area contributed by atoms with Crippen LogP contribution in [0.15, 0.2) is 42.5 Å². The number of hydrogen-bond donors (Lipinski definition) is 0. The molecule has 0 aromatic heterocycles. The fourth-order valence-corrected chi connectivity index (χ4v) is 1.28. The smallest absolute Gasteiger partial charge is 0.418 e. The van der Waals surface area contributed by atoms with E-state index in [4.69, 9.17) is 0 Å². The second kappa shape index (κ2) is 3.27. The van der Waals surface area contributed by atoms with Crippen molar-refractivity contribution in [3.8, 4) is 5.75 Å². The lowest BCUT2D eigenvalue weighted by Gasteiger charge is -1.99. The number of ether oxygens (including phenoxy) is 1. The molecule has 0 heterocycles. The molecule has 1 radical (unpaired) electrons. The molecule has 2 aromatic rings. The van der Waals surface area contributed by atoms with Gasteiger partial charge in [-0.1, -0.05) is 30.3 Å². The van der Waals surface area contributed by atoms with Gasteiger partial charge in [-0.3, -0.25) is 0 Å². The van der Waals surface area contributed by atoms with Gasteiger partial charge >= 0.3 is 6.47 Å². The number of hydrogen-bond acceptors (Lipinski definition) is 2. The largest absolute Gasteiger partial charge is 0.423 e. The minimum absolute atomic E-state index is 0.522. The maximum Gasteiger partial charge on any atom is 0.423 e. The van der Waals surface area contributed by atoms with Gasteiger partial charge in [-0.25, -0.2) is 4.79 Å². The van der Waals surface area contributed by atoms with Gasteiger partial charge in [-0.2, -0.15) is 0 Å². The van der Waals surface area contributed by atoms with Crippen molar-refractivity contribution in [1.82, 2.24) is 0 Å². The summed E-state index contributed by atoms with van der Waals surface area (Å²) in [6.07, 6.45) is 0. The highest BCUT2D eigenvalue weighted by Crippen LogP contribution is 2.19. The van der Waals surface area contributed by atoms with Gasteiger partial charge in [0.15, 0.2) is 0 Å². The molecule has 0 saturated carbocycles. The number of benzene rings is 2. The van der Waals surface area contributed by atoms with Gasteiger partial charge in [0, 0.05) is 0 Å². The molecule has 0 saturated heterocycles. The zero-order valence-electron chi connectivity index (χ0n) is 6.86. The second-order valence-corrected chi connectivity index (χ2v) is 2.69. The van der Waals surface area contributed by atoms with Gasteiger partial charge in [0.25, 0.3) is 0 Å². The Kier molecular flexibility index (Phi) is 1.96. The van der Waals surface area contributed by atoms with Crippen LogP contribution in [0.5, 0.6) is 5.75 Å². The summed E-state index contributed by atoms with van der Waals surface area (Å²) in [6.45, 7) is 1.40. The number of carbonyl (C=O) groups excluding carboxylic acids is 1. The average Bonchev–Trinajstić information content (AvgIpc) is 2.18.